The largest absolute Gasteiger partial charge is 0.198 e. The predicted molar refractivity (Wildman–Crippen MR) is 86.7 cm³/mol. The number of benzene rings is 1. The van der Waals surface area contributed by atoms with Crippen LogP contribution in [0.1, 0.15) is 45.6 Å². The fourth-order valence-electron chi connectivity index (χ4n) is 3.06. The molecular weight excluding hydrogens is 262 g/mol. The molecule has 1 aliphatic carbocycles. The zero-order chi connectivity index (χ0) is 14.8. The Kier molecular flexibility index (Phi) is 4.81. The Morgan fingerprint density at radius 2 is 2.00 bits per heavy atom. The van der Waals surface area contributed by atoms with Gasteiger partial charge in [-0.2, -0.15) is 5.26 Å². The van der Waals surface area contributed by atoms with Crippen molar-refractivity contribution < 1.29 is 0 Å². The molecule has 1 aromatic rings. The van der Waals surface area contributed by atoms with Crippen LogP contribution in [0.25, 0.3) is 0 Å². The first-order valence-corrected chi connectivity index (χ1v) is 8.41. The second-order valence-electron chi connectivity index (χ2n) is 7.08. The van der Waals surface area contributed by atoms with E-state index >= 15 is 0 Å². The van der Waals surface area contributed by atoms with Crippen molar-refractivity contribution in [3.8, 4) is 6.07 Å². The average Bonchev–Trinajstić information content (AvgIpc) is 2.37. The highest BCUT2D eigenvalue weighted by Gasteiger charge is 2.36. The molecule has 1 aliphatic rings. The van der Waals surface area contributed by atoms with Crippen LogP contribution in [-0.4, -0.2) is 5.25 Å². The summed E-state index contributed by atoms with van der Waals surface area (Å²) >= 11 is 1.91. The number of hydrogen-bond donors (Lipinski definition) is 0. The van der Waals surface area contributed by atoms with E-state index < -0.39 is 0 Å². The first-order chi connectivity index (χ1) is 9.40. The molecule has 0 radical (unpaired) electrons. The molecule has 3 atom stereocenters. The van der Waals surface area contributed by atoms with E-state index in [4.69, 9.17) is 0 Å². The van der Waals surface area contributed by atoms with Crippen LogP contribution in [0.15, 0.2) is 29.2 Å². The van der Waals surface area contributed by atoms with E-state index in [1.165, 1.54) is 23.3 Å². The third kappa shape index (κ3) is 3.79. The molecule has 1 nitrogen and oxygen atoms in total. The lowest BCUT2D eigenvalue weighted by Gasteiger charge is -2.39. The summed E-state index contributed by atoms with van der Waals surface area (Å²) in [6, 6.07) is 11.2. The van der Waals surface area contributed by atoms with Crippen LogP contribution in [0.5, 0.6) is 0 Å². The van der Waals surface area contributed by atoms with Crippen molar-refractivity contribution in [3.05, 3.63) is 29.8 Å². The van der Waals surface area contributed by atoms with Gasteiger partial charge in [0.15, 0.2) is 0 Å². The van der Waals surface area contributed by atoms with Crippen molar-refractivity contribution in [1.29, 1.82) is 5.26 Å². The molecule has 20 heavy (non-hydrogen) atoms. The molecule has 0 heterocycles. The summed E-state index contributed by atoms with van der Waals surface area (Å²) in [5.41, 5.74) is 1.65. The molecule has 1 fully saturated rings. The molecule has 2 heteroatoms. The van der Waals surface area contributed by atoms with Crippen molar-refractivity contribution >= 4 is 11.8 Å². The van der Waals surface area contributed by atoms with Gasteiger partial charge in [-0.1, -0.05) is 38.5 Å². The smallest absolute Gasteiger partial charge is 0.0667 e. The molecule has 0 aliphatic heterocycles. The van der Waals surface area contributed by atoms with Gasteiger partial charge < -0.3 is 0 Å². The fraction of sp³-hybridized carbons (Fsp3) is 0.611. The normalized spacial score (nSPS) is 27.1. The molecular formula is C18H25NS. The molecule has 3 unspecified atom stereocenters. The van der Waals surface area contributed by atoms with Crippen LogP contribution in [0.4, 0.5) is 0 Å². The summed E-state index contributed by atoms with van der Waals surface area (Å²) in [7, 11) is 0. The van der Waals surface area contributed by atoms with Crippen LogP contribution in [0, 0.1) is 35.5 Å². The van der Waals surface area contributed by atoms with Crippen LogP contribution in [0.2, 0.25) is 0 Å². The summed E-state index contributed by atoms with van der Waals surface area (Å²) in [6.07, 6.45) is 3.43. The monoisotopic (exact) mass is 287 g/mol. The molecule has 0 saturated heterocycles. The third-order valence-electron chi connectivity index (χ3n) is 4.46. The minimum atomic E-state index is 0.208. The Morgan fingerprint density at radius 1 is 1.25 bits per heavy atom. The number of hydrogen-bond acceptors (Lipinski definition) is 2. The van der Waals surface area contributed by atoms with Crippen LogP contribution >= 0.6 is 11.8 Å². The predicted octanol–water partition coefficient (Wildman–Crippen LogP) is 5.44. The van der Waals surface area contributed by atoms with Crippen molar-refractivity contribution in [2.45, 2.75) is 57.1 Å². The van der Waals surface area contributed by atoms with E-state index in [1.54, 1.807) is 0 Å². The zero-order valence-corrected chi connectivity index (χ0v) is 13.8. The van der Waals surface area contributed by atoms with Crippen molar-refractivity contribution in [1.82, 2.24) is 0 Å². The van der Waals surface area contributed by atoms with E-state index in [9.17, 15) is 5.26 Å². The van der Waals surface area contributed by atoms with Gasteiger partial charge in [0.25, 0.3) is 0 Å². The van der Waals surface area contributed by atoms with E-state index in [0.29, 0.717) is 10.7 Å². The maximum atomic E-state index is 9.42. The average molecular weight is 287 g/mol. The molecule has 0 aromatic heterocycles. The van der Waals surface area contributed by atoms with Gasteiger partial charge in [-0.15, -0.1) is 11.8 Å². The lowest BCUT2D eigenvalue weighted by Crippen LogP contribution is -2.32. The summed E-state index contributed by atoms with van der Waals surface area (Å²) in [6.45, 7) is 9.13. The second kappa shape index (κ2) is 6.22. The van der Waals surface area contributed by atoms with Crippen molar-refractivity contribution in [3.63, 3.8) is 0 Å². The van der Waals surface area contributed by atoms with Gasteiger partial charge in [0.05, 0.1) is 12.0 Å². The number of nitrogens with zero attached hydrogens (tertiary/aromatic N) is 1. The van der Waals surface area contributed by atoms with E-state index in [-0.39, 0.29) is 5.92 Å². The Bertz CT molecular complexity index is 495. The lowest BCUT2D eigenvalue weighted by atomic mass is 9.70. The topological polar surface area (TPSA) is 23.8 Å². The molecule has 2 rings (SSSR count). The molecule has 1 saturated carbocycles. The second-order valence-corrected chi connectivity index (χ2v) is 8.40. The molecule has 0 bridgehead atoms. The lowest BCUT2D eigenvalue weighted by molar-refractivity contribution is 0.169. The highest BCUT2D eigenvalue weighted by Crippen LogP contribution is 2.45. The number of nitriles is 1. The maximum absolute atomic E-state index is 9.42. The maximum Gasteiger partial charge on any atom is 0.0667 e. The van der Waals surface area contributed by atoms with Crippen molar-refractivity contribution in [2.75, 3.05) is 0 Å². The van der Waals surface area contributed by atoms with Gasteiger partial charge in [-0.3, -0.25) is 0 Å². The molecule has 1 aromatic carbocycles. The Hall–Kier alpha value is -0.940. The van der Waals surface area contributed by atoms with E-state index in [1.807, 2.05) is 11.8 Å². The standard InChI is InChI=1S/C18H25NS/c1-13-6-5-7-16(10-13)20-17-11-15(18(2,3)4)9-8-14(17)12-19/h5-7,10,14-15,17H,8-9,11H2,1-4H3. The fourth-order valence-corrected chi connectivity index (χ4v) is 4.51. The van der Waals surface area contributed by atoms with Gasteiger partial charge >= 0.3 is 0 Å². The minimum absolute atomic E-state index is 0.208. The van der Waals surface area contributed by atoms with Crippen LogP contribution < -0.4 is 0 Å². The summed E-state index contributed by atoms with van der Waals surface area (Å²) in [4.78, 5) is 1.31. The molecule has 108 valence electrons. The quantitative estimate of drug-likeness (QED) is 0.723. The third-order valence-corrected chi connectivity index (χ3v) is 5.81. The van der Waals surface area contributed by atoms with Gasteiger partial charge in [-0.25, -0.2) is 0 Å². The summed E-state index contributed by atoms with van der Waals surface area (Å²) in [5.74, 6) is 0.938. The van der Waals surface area contributed by atoms with Crippen LogP contribution in [-0.2, 0) is 0 Å². The zero-order valence-electron chi connectivity index (χ0n) is 13.0. The van der Waals surface area contributed by atoms with Gasteiger partial charge in [0.1, 0.15) is 0 Å². The molecule has 0 amide bonds. The van der Waals surface area contributed by atoms with Crippen LogP contribution in [0.3, 0.4) is 0 Å². The van der Waals surface area contributed by atoms with E-state index in [2.05, 4.69) is 58.0 Å². The first-order valence-electron chi connectivity index (χ1n) is 7.53. The molecule has 0 N–H and O–H groups in total. The Labute approximate surface area is 127 Å². The van der Waals surface area contributed by atoms with Gasteiger partial charge in [0, 0.05) is 10.1 Å². The first kappa shape index (κ1) is 15.4. The molecule has 0 spiro atoms. The number of thioether (sulfide) groups is 1. The van der Waals surface area contributed by atoms with Gasteiger partial charge in [-0.05, 0) is 49.7 Å². The highest BCUT2D eigenvalue weighted by molar-refractivity contribution is 8.00. The highest BCUT2D eigenvalue weighted by atomic mass is 32.2. The van der Waals surface area contributed by atoms with Gasteiger partial charge in [0.2, 0.25) is 0 Å². The Balaban J connectivity index is 2.12. The number of rotatable bonds is 2. The minimum Gasteiger partial charge on any atom is -0.198 e. The van der Waals surface area contributed by atoms with Crippen molar-refractivity contribution in [2.24, 2.45) is 17.3 Å². The summed E-state index contributed by atoms with van der Waals surface area (Å²) in [5, 5.41) is 9.86. The number of aryl methyl sites for hydroxylation is 1. The SMILES string of the molecule is Cc1cccc(SC2CC(C(C)(C)C)CCC2C#N)c1. The van der Waals surface area contributed by atoms with E-state index in [0.717, 1.165) is 12.3 Å². The Morgan fingerprint density at radius 3 is 2.60 bits per heavy atom. The summed E-state index contributed by atoms with van der Waals surface area (Å²) < 4.78 is 0.